The van der Waals surface area contributed by atoms with Crippen molar-refractivity contribution in [3.63, 3.8) is 0 Å². The molecule has 0 radical (unpaired) electrons. The Kier molecular flexibility index (Phi) is 2.44. The second kappa shape index (κ2) is 3.20. The first-order valence-corrected chi connectivity index (χ1v) is 3.60. The summed E-state index contributed by atoms with van der Waals surface area (Å²) in [7, 11) is 0. The van der Waals surface area contributed by atoms with Crippen LogP contribution in [0.15, 0.2) is 4.99 Å². The third-order valence-electron chi connectivity index (χ3n) is 1.36. The molecule has 0 unspecified atom stereocenters. The molecule has 1 fully saturated rings. The summed E-state index contributed by atoms with van der Waals surface area (Å²) >= 11 is 0. The van der Waals surface area contributed by atoms with Crippen LogP contribution in [0.1, 0.15) is 12.8 Å². The van der Waals surface area contributed by atoms with Crippen molar-refractivity contribution in [3.8, 4) is 0 Å². The smallest absolute Gasteiger partial charge is 0.370 e. The van der Waals surface area contributed by atoms with Crippen molar-refractivity contribution in [2.75, 3.05) is 6.54 Å². The maximum Gasteiger partial charge on any atom is 0.408 e. The monoisotopic (exact) mass is 181 g/mol. The lowest BCUT2D eigenvalue weighted by atomic mass is 10.6. The first-order chi connectivity index (χ1) is 5.47. The molecule has 3 N–H and O–H groups in total. The number of rotatable bonds is 2. The molecule has 0 spiro atoms. The maximum absolute atomic E-state index is 11.6. The molecule has 1 saturated carbocycles. The fourth-order valence-electron chi connectivity index (χ4n) is 0.657. The van der Waals surface area contributed by atoms with Gasteiger partial charge in [0.25, 0.3) is 0 Å². The van der Waals surface area contributed by atoms with Gasteiger partial charge < -0.3 is 11.1 Å². The Morgan fingerprint density at radius 2 is 2.08 bits per heavy atom. The van der Waals surface area contributed by atoms with E-state index in [4.69, 9.17) is 5.73 Å². The molecular formula is C6H10F3N3. The van der Waals surface area contributed by atoms with Gasteiger partial charge in [-0.15, -0.1) is 0 Å². The number of nitrogens with zero attached hydrogens (tertiary/aromatic N) is 1. The van der Waals surface area contributed by atoms with Crippen LogP contribution in [-0.4, -0.2) is 24.7 Å². The van der Waals surface area contributed by atoms with E-state index in [1.54, 1.807) is 0 Å². The van der Waals surface area contributed by atoms with E-state index in [0.29, 0.717) is 0 Å². The molecule has 0 bridgehead atoms. The summed E-state index contributed by atoms with van der Waals surface area (Å²) in [6.07, 6.45) is -2.35. The lowest BCUT2D eigenvalue weighted by Gasteiger charge is -2.04. The van der Waals surface area contributed by atoms with Crippen LogP contribution in [-0.2, 0) is 0 Å². The number of hydrogen-bond acceptors (Lipinski definition) is 1. The minimum atomic E-state index is -4.27. The van der Waals surface area contributed by atoms with Crippen LogP contribution in [0.4, 0.5) is 13.2 Å². The van der Waals surface area contributed by atoms with Crippen LogP contribution in [0.25, 0.3) is 0 Å². The molecule has 1 aliphatic rings. The average molecular weight is 181 g/mol. The minimum absolute atomic E-state index is 0.116. The van der Waals surface area contributed by atoms with Crippen molar-refractivity contribution in [3.05, 3.63) is 0 Å². The standard InChI is InChI=1S/C6H10F3N3/c7-6(8,9)3-11-5(10)12-4-1-2-4/h4H,1-3H2,(H3,10,11,12). The summed E-state index contributed by atoms with van der Waals surface area (Å²) in [6.45, 7) is -1.21. The van der Waals surface area contributed by atoms with Gasteiger partial charge in [0, 0.05) is 6.04 Å². The Bertz CT molecular complexity index is 183. The van der Waals surface area contributed by atoms with Gasteiger partial charge in [0.15, 0.2) is 5.96 Å². The summed E-state index contributed by atoms with van der Waals surface area (Å²) in [5.74, 6) is -0.116. The number of halogens is 3. The van der Waals surface area contributed by atoms with Crippen molar-refractivity contribution >= 4 is 5.96 Å². The number of nitrogens with one attached hydrogen (secondary N) is 1. The Morgan fingerprint density at radius 1 is 1.50 bits per heavy atom. The quantitative estimate of drug-likeness (QED) is 0.484. The van der Waals surface area contributed by atoms with Gasteiger partial charge in [-0.25, -0.2) is 4.99 Å². The number of alkyl halides is 3. The summed E-state index contributed by atoms with van der Waals surface area (Å²) in [6, 6.07) is 0.238. The molecule has 0 saturated heterocycles. The van der Waals surface area contributed by atoms with Gasteiger partial charge in [-0.2, -0.15) is 13.2 Å². The van der Waals surface area contributed by atoms with E-state index in [0.717, 1.165) is 12.8 Å². The molecule has 0 aromatic rings. The van der Waals surface area contributed by atoms with Gasteiger partial charge in [0.2, 0.25) is 0 Å². The highest BCUT2D eigenvalue weighted by Gasteiger charge is 2.27. The predicted octanol–water partition coefficient (Wildman–Crippen LogP) is 0.615. The van der Waals surface area contributed by atoms with Crippen LogP contribution in [0, 0.1) is 0 Å². The van der Waals surface area contributed by atoms with Crippen LogP contribution in [0.2, 0.25) is 0 Å². The molecule has 1 rings (SSSR count). The number of aliphatic imine (C=N–C) groups is 1. The Labute approximate surface area is 67.8 Å². The van der Waals surface area contributed by atoms with Crippen LogP contribution in [0.3, 0.4) is 0 Å². The maximum atomic E-state index is 11.6. The Morgan fingerprint density at radius 3 is 2.50 bits per heavy atom. The van der Waals surface area contributed by atoms with E-state index in [9.17, 15) is 13.2 Å². The fraction of sp³-hybridized carbons (Fsp3) is 0.833. The van der Waals surface area contributed by atoms with E-state index in [2.05, 4.69) is 10.3 Å². The largest absolute Gasteiger partial charge is 0.408 e. The Balaban J connectivity index is 2.24. The van der Waals surface area contributed by atoms with Crippen molar-refractivity contribution in [1.29, 1.82) is 0 Å². The molecular weight excluding hydrogens is 171 g/mol. The molecule has 70 valence electrons. The molecule has 0 heterocycles. The summed E-state index contributed by atoms with van der Waals surface area (Å²) in [5, 5.41) is 2.65. The van der Waals surface area contributed by atoms with Crippen molar-refractivity contribution in [2.45, 2.75) is 25.1 Å². The number of guanidine groups is 1. The zero-order valence-electron chi connectivity index (χ0n) is 6.36. The van der Waals surface area contributed by atoms with Gasteiger partial charge in [-0.05, 0) is 12.8 Å². The number of hydrogen-bond donors (Lipinski definition) is 2. The van der Waals surface area contributed by atoms with E-state index >= 15 is 0 Å². The normalized spacial score (nSPS) is 19.4. The topological polar surface area (TPSA) is 50.4 Å². The second-order valence-electron chi connectivity index (χ2n) is 2.74. The number of nitrogens with two attached hydrogens (primary N) is 1. The molecule has 0 amide bonds. The van der Waals surface area contributed by atoms with E-state index in [-0.39, 0.29) is 12.0 Å². The van der Waals surface area contributed by atoms with Crippen LogP contribution < -0.4 is 11.1 Å². The molecule has 1 aliphatic carbocycles. The predicted molar refractivity (Wildman–Crippen MR) is 38.7 cm³/mol. The van der Waals surface area contributed by atoms with E-state index < -0.39 is 12.7 Å². The SMILES string of the molecule is NC(=NCC(F)(F)F)NC1CC1. The fourth-order valence-corrected chi connectivity index (χ4v) is 0.657. The summed E-state index contributed by atoms with van der Waals surface area (Å²) in [4.78, 5) is 3.13. The highest BCUT2D eigenvalue weighted by atomic mass is 19.4. The molecule has 0 aromatic carbocycles. The third-order valence-corrected chi connectivity index (χ3v) is 1.36. The van der Waals surface area contributed by atoms with Gasteiger partial charge in [0.1, 0.15) is 6.54 Å². The molecule has 12 heavy (non-hydrogen) atoms. The molecule has 3 nitrogen and oxygen atoms in total. The molecule has 0 aromatic heterocycles. The third kappa shape index (κ3) is 4.05. The van der Waals surface area contributed by atoms with Gasteiger partial charge in [0.05, 0.1) is 0 Å². The van der Waals surface area contributed by atoms with Crippen molar-refractivity contribution in [1.82, 2.24) is 5.32 Å². The Hall–Kier alpha value is -0.940. The van der Waals surface area contributed by atoms with Gasteiger partial charge in [-0.1, -0.05) is 0 Å². The van der Waals surface area contributed by atoms with Crippen molar-refractivity contribution in [2.24, 2.45) is 10.7 Å². The lowest BCUT2D eigenvalue weighted by molar-refractivity contribution is -0.118. The summed E-state index contributed by atoms with van der Waals surface area (Å²) < 4.78 is 34.7. The zero-order valence-corrected chi connectivity index (χ0v) is 6.36. The van der Waals surface area contributed by atoms with Gasteiger partial charge in [-0.3, -0.25) is 0 Å². The first-order valence-electron chi connectivity index (χ1n) is 3.60. The van der Waals surface area contributed by atoms with E-state index in [1.807, 2.05) is 0 Å². The minimum Gasteiger partial charge on any atom is -0.370 e. The van der Waals surface area contributed by atoms with E-state index in [1.165, 1.54) is 0 Å². The first kappa shape index (κ1) is 9.15. The highest BCUT2D eigenvalue weighted by molar-refractivity contribution is 5.78. The van der Waals surface area contributed by atoms with Crippen LogP contribution >= 0.6 is 0 Å². The highest BCUT2D eigenvalue weighted by Crippen LogP contribution is 2.18. The van der Waals surface area contributed by atoms with Crippen molar-refractivity contribution < 1.29 is 13.2 Å². The zero-order chi connectivity index (χ0) is 9.19. The summed E-state index contributed by atoms with van der Waals surface area (Å²) in [5.41, 5.74) is 5.16. The lowest BCUT2D eigenvalue weighted by Crippen LogP contribution is -2.34. The molecule has 0 aliphatic heterocycles. The molecule has 0 atom stereocenters. The van der Waals surface area contributed by atoms with Crippen LogP contribution in [0.5, 0.6) is 0 Å². The molecule has 6 heteroatoms. The second-order valence-corrected chi connectivity index (χ2v) is 2.74. The van der Waals surface area contributed by atoms with Gasteiger partial charge >= 0.3 is 6.18 Å². The average Bonchev–Trinajstić information content (AvgIpc) is 2.66.